The van der Waals surface area contributed by atoms with Crippen LogP contribution in [0.3, 0.4) is 0 Å². The number of ether oxygens (including phenoxy) is 1. The van der Waals surface area contributed by atoms with Gasteiger partial charge in [-0.1, -0.05) is 61.5 Å². The zero-order valence-corrected chi connectivity index (χ0v) is 21.1. The first-order valence-electron chi connectivity index (χ1n) is 11.8. The van der Waals surface area contributed by atoms with Crippen LogP contribution in [0.4, 0.5) is 0 Å². The first-order valence-corrected chi connectivity index (χ1v) is 13.1. The predicted octanol–water partition coefficient (Wildman–Crippen LogP) is 3.18. The molecule has 0 saturated heterocycles. The normalized spacial score (nSPS) is 11.7. The van der Waals surface area contributed by atoms with Crippen LogP contribution >= 0.6 is 0 Å². The molecule has 37 heavy (non-hydrogen) atoms. The van der Waals surface area contributed by atoms with E-state index in [1.807, 2.05) is 54.0 Å². The number of primary amides is 1. The topological polar surface area (TPSA) is 120 Å². The van der Waals surface area contributed by atoms with E-state index >= 15 is 0 Å². The highest BCUT2D eigenvalue weighted by molar-refractivity contribution is 7.85. The average Bonchev–Trinajstić information content (AvgIpc) is 3.24. The van der Waals surface area contributed by atoms with Crippen LogP contribution in [-0.4, -0.2) is 38.9 Å². The fraction of sp³-hybridized carbons (Fsp3) is 0.179. The summed E-state index contributed by atoms with van der Waals surface area (Å²) in [4.78, 5) is 38.0. The number of amides is 2. The molecule has 2 amide bonds. The summed E-state index contributed by atoms with van der Waals surface area (Å²) in [5, 5.41) is 3.04. The Balaban J connectivity index is 1.62. The molecule has 1 aromatic heterocycles. The summed E-state index contributed by atoms with van der Waals surface area (Å²) >= 11 is 0. The van der Waals surface area contributed by atoms with Gasteiger partial charge in [-0.2, -0.15) is 0 Å². The molecular weight excluding hydrogens is 490 g/mol. The van der Waals surface area contributed by atoms with Crippen LogP contribution in [0.5, 0.6) is 5.75 Å². The lowest BCUT2D eigenvalue weighted by atomic mass is 10.0. The number of hydrogen-bond acceptors (Lipinski definition) is 5. The summed E-state index contributed by atoms with van der Waals surface area (Å²) in [6.07, 6.45) is 0.473. The second kappa shape index (κ2) is 11.7. The summed E-state index contributed by atoms with van der Waals surface area (Å²) in [6, 6.07) is 23.8. The maximum atomic E-state index is 12.9. The third-order valence-corrected chi connectivity index (χ3v) is 7.10. The van der Waals surface area contributed by atoms with Gasteiger partial charge in [0, 0.05) is 17.1 Å². The quantitative estimate of drug-likeness (QED) is 0.234. The van der Waals surface area contributed by atoms with E-state index in [0.29, 0.717) is 34.5 Å². The fourth-order valence-corrected chi connectivity index (χ4v) is 5.14. The van der Waals surface area contributed by atoms with Crippen molar-refractivity contribution in [3.63, 3.8) is 0 Å². The molecule has 3 aromatic carbocycles. The molecule has 0 radical (unpaired) electrons. The number of carbonyl (C=O) groups is 3. The van der Waals surface area contributed by atoms with Crippen LogP contribution < -0.4 is 15.8 Å². The lowest BCUT2D eigenvalue weighted by Gasteiger charge is -2.11. The first kappa shape index (κ1) is 25.8. The van der Waals surface area contributed by atoms with Gasteiger partial charge < -0.3 is 20.4 Å². The van der Waals surface area contributed by atoms with Gasteiger partial charge in [0.2, 0.25) is 0 Å². The molecular formula is C28H27N3O5S. The Bertz CT molecular complexity index is 1470. The summed E-state index contributed by atoms with van der Waals surface area (Å²) in [7, 11) is -1.40. The van der Waals surface area contributed by atoms with Crippen LogP contribution in [0, 0.1) is 0 Å². The summed E-state index contributed by atoms with van der Waals surface area (Å²) in [5.41, 5.74) is 7.94. The molecule has 0 bridgehead atoms. The van der Waals surface area contributed by atoms with E-state index in [4.69, 9.17) is 10.5 Å². The third-order valence-electron chi connectivity index (χ3n) is 5.89. The standard InChI is InChI=1S/C28H27N3O5S/c1-2-21-26(27(33)28(29)34)25-22(31(21)16-19-10-5-3-6-11-19)14-9-15-23(25)36-17-24(32)30-18-37(35)20-12-7-4-8-13-20/h3-15H,2,16-18H2,1H3,(H2,29,34)(H,30,32). The van der Waals surface area contributed by atoms with Crippen molar-refractivity contribution >= 4 is 39.3 Å². The third kappa shape index (κ3) is 5.78. The number of carbonyl (C=O) groups excluding carboxylic acids is 3. The van der Waals surface area contributed by atoms with Crippen molar-refractivity contribution in [2.45, 2.75) is 24.8 Å². The van der Waals surface area contributed by atoms with Crippen molar-refractivity contribution in [3.8, 4) is 5.75 Å². The van der Waals surface area contributed by atoms with E-state index in [-0.39, 0.29) is 23.8 Å². The van der Waals surface area contributed by atoms with Gasteiger partial charge >= 0.3 is 0 Å². The largest absolute Gasteiger partial charge is 0.483 e. The Labute approximate surface area is 216 Å². The first-order chi connectivity index (χ1) is 17.9. The maximum absolute atomic E-state index is 12.9. The second-order valence-electron chi connectivity index (χ2n) is 8.28. The zero-order valence-electron chi connectivity index (χ0n) is 20.3. The Kier molecular flexibility index (Phi) is 8.15. The van der Waals surface area contributed by atoms with Crippen LogP contribution in [-0.2, 0) is 33.4 Å². The zero-order chi connectivity index (χ0) is 26.4. The van der Waals surface area contributed by atoms with Crippen molar-refractivity contribution in [1.82, 2.24) is 9.88 Å². The monoisotopic (exact) mass is 517 g/mol. The smallest absolute Gasteiger partial charge is 0.289 e. The predicted molar refractivity (Wildman–Crippen MR) is 142 cm³/mol. The summed E-state index contributed by atoms with van der Waals surface area (Å²) < 4.78 is 20.2. The molecule has 1 unspecified atom stereocenters. The highest BCUT2D eigenvalue weighted by Gasteiger charge is 2.27. The number of nitrogens with zero attached hydrogens (tertiary/aromatic N) is 1. The molecule has 0 aliphatic heterocycles. The number of rotatable bonds is 11. The number of nitrogens with two attached hydrogens (primary N) is 1. The van der Waals surface area contributed by atoms with E-state index in [0.717, 1.165) is 5.56 Å². The SMILES string of the molecule is CCc1c(C(=O)C(N)=O)c2c(OCC(=O)NCS(=O)c3ccccc3)cccc2n1Cc1ccccc1. The van der Waals surface area contributed by atoms with Crippen molar-refractivity contribution in [1.29, 1.82) is 0 Å². The van der Waals surface area contributed by atoms with Crippen LogP contribution in [0.25, 0.3) is 10.9 Å². The van der Waals surface area contributed by atoms with Crippen LogP contribution in [0.1, 0.15) is 28.5 Å². The Morgan fingerprint density at radius 1 is 0.946 bits per heavy atom. The Hall–Kier alpha value is -4.24. The molecule has 190 valence electrons. The molecule has 0 saturated carbocycles. The lowest BCUT2D eigenvalue weighted by molar-refractivity contribution is -0.122. The van der Waals surface area contributed by atoms with E-state index in [2.05, 4.69) is 5.32 Å². The molecule has 9 heteroatoms. The van der Waals surface area contributed by atoms with E-state index in [9.17, 15) is 18.6 Å². The summed E-state index contributed by atoms with van der Waals surface area (Å²) in [6.45, 7) is 2.01. The number of hydrogen-bond donors (Lipinski definition) is 2. The minimum absolute atomic E-state index is 0.0603. The Morgan fingerprint density at radius 3 is 2.27 bits per heavy atom. The van der Waals surface area contributed by atoms with E-state index < -0.39 is 28.4 Å². The van der Waals surface area contributed by atoms with Gasteiger partial charge in [0.05, 0.1) is 33.1 Å². The van der Waals surface area contributed by atoms with Crippen molar-refractivity contribution in [2.24, 2.45) is 5.73 Å². The molecule has 0 aliphatic carbocycles. The molecule has 0 aliphatic rings. The summed E-state index contributed by atoms with van der Waals surface area (Å²) in [5.74, 6) is -2.13. The maximum Gasteiger partial charge on any atom is 0.289 e. The average molecular weight is 518 g/mol. The van der Waals surface area contributed by atoms with Crippen LogP contribution in [0.15, 0.2) is 83.8 Å². The molecule has 0 spiro atoms. The molecule has 4 rings (SSSR count). The minimum atomic E-state index is -1.40. The number of aromatic nitrogens is 1. The van der Waals surface area contributed by atoms with Crippen molar-refractivity contribution in [2.75, 3.05) is 12.5 Å². The number of fused-ring (bicyclic) bond motifs is 1. The molecule has 1 atom stereocenters. The van der Waals surface area contributed by atoms with Gasteiger partial charge in [-0.3, -0.25) is 18.6 Å². The van der Waals surface area contributed by atoms with Gasteiger partial charge in [-0.25, -0.2) is 0 Å². The van der Waals surface area contributed by atoms with Crippen molar-refractivity contribution < 1.29 is 23.3 Å². The van der Waals surface area contributed by atoms with Gasteiger partial charge in [0.15, 0.2) is 6.61 Å². The van der Waals surface area contributed by atoms with Crippen molar-refractivity contribution in [3.05, 3.63) is 95.7 Å². The second-order valence-corrected chi connectivity index (χ2v) is 9.73. The highest BCUT2D eigenvalue weighted by Crippen LogP contribution is 2.35. The number of ketones is 1. The molecule has 0 fully saturated rings. The number of nitrogens with one attached hydrogen (secondary N) is 1. The number of Topliss-reactive ketones (excluding diaryl/α,β-unsaturated/α-hetero) is 1. The highest BCUT2D eigenvalue weighted by atomic mass is 32.2. The fourth-order valence-electron chi connectivity index (χ4n) is 4.22. The molecule has 8 nitrogen and oxygen atoms in total. The van der Waals surface area contributed by atoms with Crippen LogP contribution in [0.2, 0.25) is 0 Å². The van der Waals surface area contributed by atoms with Gasteiger partial charge in [-0.05, 0) is 36.2 Å². The lowest BCUT2D eigenvalue weighted by Crippen LogP contribution is -2.31. The van der Waals surface area contributed by atoms with Gasteiger partial charge in [0.25, 0.3) is 17.6 Å². The molecule has 1 heterocycles. The Morgan fingerprint density at radius 2 is 1.62 bits per heavy atom. The molecule has 4 aromatic rings. The number of benzene rings is 3. The van der Waals surface area contributed by atoms with Gasteiger partial charge in [-0.15, -0.1) is 0 Å². The van der Waals surface area contributed by atoms with E-state index in [1.165, 1.54) is 0 Å². The van der Waals surface area contributed by atoms with Gasteiger partial charge in [0.1, 0.15) is 5.75 Å². The molecule has 3 N–H and O–H groups in total. The van der Waals surface area contributed by atoms with E-state index in [1.54, 1.807) is 36.4 Å². The minimum Gasteiger partial charge on any atom is -0.483 e.